The van der Waals surface area contributed by atoms with Crippen LogP contribution in [0.5, 0.6) is 5.75 Å². The lowest BCUT2D eigenvalue weighted by Crippen LogP contribution is -2.36. The summed E-state index contributed by atoms with van der Waals surface area (Å²) in [7, 11) is 1.32. The maximum absolute atomic E-state index is 12.8. The molecule has 1 saturated heterocycles. The Hall–Kier alpha value is -4.31. The van der Waals surface area contributed by atoms with Gasteiger partial charge in [-0.05, 0) is 73.6 Å². The molecule has 4 rings (SSSR count). The number of rotatable bonds is 8. The Kier molecular flexibility index (Phi) is 7.78. The molecule has 0 radical (unpaired) electrons. The molecule has 190 valence electrons. The van der Waals surface area contributed by atoms with Crippen LogP contribution in [0.4, 0.5) is 10.5 Å². The zero-order valence-electron chi connectivity index (χ0n) is 20.4. The summed E-state index contributed by atoms with van der Waals surface area (Å²) >= 11 is 0.731. The minimum Gasteiger partial charge on any atom is -0.494 e. The first-order chi connectivity index (χ1) is 17.8. The van der Waals surface area contributed by atoms with E-state index in [9.17, 15) is 19.2 Å². The number of hydrogen-bond donors (Lipinski definition) is 1. The number of amides is 3. The Morgan fingerprint density at radius 1 is 1.08 bits per heavy atom. The molecular formula is C27H24N2O7S. The number of benzene rings is 2. The molecule has 3 amide bonds. The minimum absolute atomic E-state index is 0.139. The Labute approximate surface area is 217 Å². The fraction of sp³-hybridized carbons (Fsp3) is 0.185. The van der Waals surface area contributed by atoms with E-state index in [-0.39, 0.29) is 4.91 Å². The third-order valence-corrected chi connectivity index (χ3v) is 6.44. The van der Waals surface area contributed by atoms with Gasteiger partial charge in [0.1, 0.15) is 23.8 Å². The maximum atomic E-state index is 12.8. The molecule has 0 saturated carbocycles. The summed E-state index contributed by atoms with van der Waals surface area (Å²) < 4.78 is 16.1. The highest BCUT2D eigenvalue weighted by molar-refractivity contribution is 8.18. The Morgan fingerprint density at radius 2 is 1.84 bits per heavy atom. The van der Waals surface area contributed by atoms with Crippen LogP contribution in [0.25, 0.3) is 17.4 Å². The second-order valence-corrected chi connectivity index (χ2v) is 8.94. The maximum Gasteiger partial charge on any atom is 0.338 e. The van der Waals surface area contributed by atoms with Crippen LogP contribution in [-0.4, -0.2) is 48.2 Å². The predicted molar refractivity (Wildman–Crippen MR) is 139 cm³/mol. The fourth-order valence-corrected chi connectivity index (χ4v) is 4.54. The molecule has 2 aromatic carbocycles. The second-order valence-electron chi connectivity index (χ2n) is 7.95. The van der Waals surface area contributed by atoms with Crippen molar-refractivity contribution in [1.29, 1.82) is 0 Å². The summed E-state index contributed by atoms with van der Waals surface area (Å²) in [6, 6.07) is 15.3. The Bertz CT molecular complexity index is 1390. The number of carbonyl (C=O) groups is 4. The van der Waals surface area contributed by atoms with E-state index in [1.54, 1.807) is 61.5 Å². The minimum atomic E-state index is -0.585. The number of esters is 1. The zero-order valence-corrected chi connectivity index (χ0v) is 21.2. The Morgan fingerprint density at radius 3 is 2.54 bits per heavy atom. The molecule has 37 heavy (non-hydrogen) atoms. The SMILES string of the molecule is CCOc1ccc(NC(=O)CN2C(=O)S/C(=C/c3ccc(-c4cccc(C(=O)OC)c4C)o3)C2=O)cc1. The summed E-state index contributed by atoms with van der Waals surface area (Å²) in [5, 5.41) is 2.12. The zero-order chi connectivity index (χ0) is 26.5. The van der Waals surface area contributed by atoms with Crippen LogP contribution in [0, 0.1) is 6.92 Å². The van der Waals surface area contributed by atoms with E-state index in [1.165, 1.54) is 13.2 Å². The van der Waals surface area contributed by atoms with E-state index < -0.39 is 29.6 Å². The molecule has 10 heteroatoms. The first-order valence-electron chi connectivity index (χ1n) is 11.4. The van der Waals surface area contributed by atoms with Gasteiger partial charge in [-0.25, -0.2) is 4.79 Å². The van der Waals surface area contributed by atoms with E-state index in [1.807, 2.05) is 6.92 Å². The van der Waals surface area contributed by atoms with Gasteiger partial charge in [0.2, 0.25) is 5.91 Å². The van der Waals surface area contributed by atoms with Crippen molar-refractivity contribution in [2.24, 2.45) is 0 Å². The highest BCUT2D eigenvalue weighted by Crippen LogP contribution is 2.34. The summed E-state index contributed by atoms with van der Waals surface area (Å²) in [4.78, 5) is 50.8. The average molecular weight is 521 g/mol. The number of nitrogens with zero attached hydrogens (tertiary/aromatic N) is 1. The molecule has 0 unspecified atom stereocenters. The number of nitrogens with one attached hydrogen (secondary N) is 1. The molecule has 1 aliphatic rings. The van der Waals surface area contributed by atoms with Gasteiger partial charge in [0.25, 0.3) is 11.1 Å². The molecule has 0 atom stereocenters. The van der Waals surface area contributed by atoms with E-state index in [0.717, 1.165) is 16.7 Å². The van der Waals surface area contributed by atoms with Crippen molar-refractivity contribution in [2.75, 3.05) is 25.6 Å². The number of hydrogen-bond acceptors (Lipinski definition) is 8. The van der Waals surface area contributed by atoms with Crippen LogP contribution in [0.15, 0.2) is 63.9 Å². The number of furan rings is 1. The number of anilines is 1. The summed E-state index contributed by atoms with van der Waals surface area (Å²) in [6.07, 6.45) is 1.46. The molecule has 2 heterocycles. The quantitative estimate of drug-likeness (QED) is 0.322. The molecule has 9 nitrogen and oxygen atoms in total. The van der Waals surface area contributed by atoms with Crippen LogP contribution in [0.3, 0.4) is 0 Å². The van der Waals surface area contributed by atoms with Crippen molar-refractivity contribution < 1.29 is 33.1 Å². The van der Waals surface area contributed by atoms with Crippen LogP contribution >= 0.6 is 11.8 Å². The third-order valence-electron chi connectivity index (χ3n) is 5.53. The van der Waals surface area contributed by atoms with Crippen molar-refractivity contribution in [2.45, 2.75) is 13.8 Å². The number of thioether (sulfide) groups is 1. The van der Waals surface area contributed by atoms with Crippen LogP contribution in [0.1, 0.15) is 28.6 Å². The first kappa shape index (κ1) is 25.8. The molecule has 1 aromatic heterocycles. The van der Waals surface area contributed by atoms with E-state index >= 15 is 0 Å². The van der Waals surface area contributed by atoms with Gasteiger partial charge in [-0.1, -0.05) is 12.1 Å². The number of ether oxygens (including phenoxy) is 2. The van der Waals surface area contributed by atoms with Crippen molar-refractivity contribution in [3.8, 4) is 17.1 Å². The lowest BCUT2D eigenvalue weighted by atomic mass is 10.0. The largest absolute Gasteiger partial charge is 0.494 e. The van der Waals surface area contributed by atoms with Crippen molar-refractivity contribution in [1.82, 2.24) is 4.90 Å². The van der Waals surface area contributed by atoms with Crippen molar-refractivity contribution in [3.63, 3.8) is 0 Å². The number of carbonyl (C=O) groups excluding carboxylic acids is 4. The molecule has 0 aliphatic carbocycles. The molecule has 1 N–H and O–H groups in total. The predicted octanol–water partition coefficient (Wildman–Crippen LogP) is 5.12. The monoisotopic (exact) mass is 520 g/mol. The summed E-state index contributed by atoms with van der Waals surface area (Å²) in [6.45, 7) is 3.77. The van der Waals surface area contributed by atoms with Gasteiger partial charge in [0.05, 0.1) is 24.2 Å². The molecule has 0 spiro atoms. The van der Waals surface area contributed by atoms with E-state index in [2.05, 4.69) is 5.32 Å². The average Bonchev–Trinajstić information content (AvgIpc) is 3.45. The molecule has 0 bridgehead atoms. The summed E-state index contributed by atoms with van der Waals surface area (Å²) in [5.74, 6) is -0.0337. The van der Waals surface area contributed by atoms with E-state index in [4.69, 9.17) is 13.9 Å². The second kappa shape index (κ2) is 11.2. The normalized spacial score (nSPS) is 14.2. The first-order valence-corrected chi connectivity index (χ1v) is 12.2. The highest BCUT2D eigenvalue weighted by atomic mass is 32.2. The van der Waals surface area contributed by atoms with Gasteiger partial charge in [-0.3, -0.25) is 19.3 Å². The van der Waals surface area contributed by atoms with Gasteiger partial charge >= 0.3 is 5.97 Å². The summed E-state index contributed by atoms with van der Waals surface area (Å²) in [5.41, 5.74) is 2.32. The van der Waals surface area contributed by atoms with Crippen LogP contribution < -0.4 is 10.1 Å². The van der Waals surface area contributed by atoms with E-state index in [0.29, 0.717) is 46.3 Å². The molecule has 1 aliphatic heterocycles. The van der Waals surface area contributed by atoms with Crippen LogP contribution in [-0.2, 0) is 14.3 Å². The van der Waals surface area contributed by atoms with Crippen molar-refractivity contribution in [3.05, 3.63) is 76.4 Å². The lowest BCUT2D eigenvalue weighted by Gasteiger charge is -2.12. The standard InChI is InChI=1S/C27H24N2O7S/c1-4-35-18-10-8-17(9-11-18)28-24(30)15-29-25(31)23(37-27(29)33)14-19-12-13-22(36-19)20-6-5-7-21(16(20)2)26(32)34-3/h5-14H,4,15H2,1-3H3,(H,28,30)/b23-14+. The molecular weight excluding hydrogens is 496 g/mol. The smallest absolute Gasteiger partial charge is 0.338 e. The third kappa shape index (κ3) is 5.75. The van der Waals surface area contributed by atoms with Crippen molar-refractivity contribution >= 4 is 46.5 Å². The van der Waals surface area contributed by atoms with Gasteiger partial charge in [-0.2, -0.15) is 0 Å². The molecule has 3 aromatic rings. The van der Waals surface area contributed by atoms with Gasteiger partial charge in [0, 0.05) is 17.3 Å². The Balaban J connectivity index is 1.45. The van der Waals surface area contributed by atoms with Crippen LogP contribution in [0.2, 0.25) is 0 Å². The number of methoxy groups -OCH3 is 1. The lowest BCUT2D eigenvalue weighted by molar-refractivity contribution is -0.127. The highest BCUT2D eigenvalue weighted by Gasteiger charge is 2.36. The van der Waals surface area contributed by atoms with Gasteiger partial charge in [0.15, 0.2) is 0 Å². The topological polar surface area (TPSA) is 115 Å². The van der Waals surface area contributed by atoms with Gasteiger partial charge in [-0.15, -0.1) is 0 Å². The fourth-order valence-electron chi connectivity index (χ4n) is 3.72. The van der Waals surface area contributed by atoms with Gasteiger partial charge < -0.3 is 19.2 Å². The number of imide groups is 1. The molecule has 1 fully saturated rings.